The summed E-state index contributed by atoms with van der Waals surface area (Å²) in [6.07, 6.45) is 1.52. The molecule has 9 heteroatoms. The van der Waals surface area contributed by atoms with E-state index in [2.05, 4.69) is 4.99 Å². The number of carbonyl (C=O) groups is 1. The van der Waals surface area contributed by atoms with E-state index in [0.717, 1.165) is 0 Å². The Morgan fingerprint density at radius 2 is 1.68 bits per heavy atom. The molecule has 0 spiro atoms. The summed E-state index contributed by atoms with van der Waals surface area (Å²) in [4.78, 5) is 16.7. The summed E-state index contributed by atoms with van der Waals surface area (Å²) < 4.78 is 46.7. The first kappa shape index (κ1) is 23.1. The molecule has 1 aliphatic heterocycles. The summed E-state index contributed by atoms with van der Waals surface area (Å²) >= 11 is 0. The van der Waals surface area contributed by atoms with Crippen molar-refractivity contribution in [2.45, 2.75) is 11.8 Å². The summed E-state index contributed by atoms with van der Waals surface area (Å²) in [6.45, 7) is 2.04. The normalized spacial score (nSPS) is 14.5. The van der Waals surface area contributed by atoms with Gasteiger partial charge in [0, 0.05) is 0 Å². The molecule has 3 aromatic carbocycles. The fourth-order valence-corrected chi connectivity index (χ4v) is 4.17. The van der Waals surface area contributed by atoms with E-state index < -0.39 is 16.1 Å². The molecule has 0 radical (unpaired) electrons. The molecule has 0 unspecified atom stereocenters. The molecule has 0 bridgehead atoms. The fraction of sp³-hybridized carbons (Fsp3) is 0.120. The highest BCUT2D eigenvalue weighted by Gasteiger charge is 2.26. The van der Waals surface area contributed by atoms with Gasteiger partial charge in [0.15, 0.2) is 17.2 Å². The average molecular weight is 480 g/mol. The summed E-state index contributed by atoms with van der Waals surface area (Å²) in [5.41, 5.74) is 1.17. The van der Waals surface area contributed by atoms with Gasteiger partial charge in [-0.3, -0.25) is 0 Å². The number of hydrogen-bond donors (Lipinski definition) is 0. The zero-order valence-electron chi connectivity index (χ0n) is 18.4. The van der Waals surface area contributed by atoms with Crippen LogP contribution in [0.15, 0.2) is 88.4 Å². The maximum absolute atomic E-state index is 12.6. The van der Waals surface area contributed by atoms with E-state index in [-0.39, 0.29) is 34.6 Å². The first-order valence-corrected chi connectivity index (χ1v) is 11.7. The highest BCUT2D eigenvalue weighted by molar-refractivity contribution is 7.87. The van der Waals surface area contributed by atoms with Crippen LogP contribution in [0, 0.1) is 0 Å². The van der Waals surface area contributed by atoms with Crippen molar-refractivity contribution in [1.29, 1.82) is 0 Å². The molecule has 8 nitrogen and oxygen atoms in total. The third-order valence-electron chi connectivity index (χ3n) is 4.76. The van der Waals surface area contributed by atoms with Gasteiger partial charge in [-0.2, -0.15) is 8.42 Å². The Balaban J connectivity index is 1.65. The fourth-order valence-electron chi connectivity index (χ4n) is 3.21. The molecule has 0 atom stereocenters. The molecule has 3 aromatic rings. The monoisotopic (exact) mass is 479 g/mol. The summed E-state index contributed by atoms with van der Waals surface area (Å²) in [5, 5.41) is 0. The van der Waals surface area contributed by atoms with Crippen molar-refractivity contribution in [2.24, 2.45) is 4.99 Å². The highest BCUT2D eigenvalue weighted by atomic mass is 32.2. The lowest BCUT2D eigenvalue weighted by Crippen LogP contribution is -2.10. The molecular weight excluding hydrogens is 458 g/mol. The topological polar surface area (TPSA) is 100 Å². The minimum atomic E-state index is -4.05. The van der Waals surface area contributed by atoms with Gasteiger partial charge in [0.05, 0.1) is 19.3 Å². The third-order valence-corrected chi connectivity index (χ3v) is 6.01. The smallest absolute Gasteiger partial charge is 0.363 e. The van der Waals surface area contributed by atoms with E-state index >= 15 is 0 Å². The molecule has 0 aromatic heterocycles. The largest absolute Gasteiger partial charge is 0.496 e. The van der Waals surface area contributed by atoms with Crippen molar-refractivity contribution in [1.82, 2.24) is 0 Å². The van der Waals surface area contributed by atoms with Crippen LogP contribution in [0.3, 0.4) is 0 Å². The van der Waals surface area contributed by atoms with Crippen LogP contribution in [0.2, 0.25) is 0 Å². The number of aliphatic imine (C=N–C) groups is 1. The van der Waals surface area contributed by atoms with Gasteiger partial charge in [-0.05, 0) is 55.0 Å². The zero-order valence-corrected chi connectivity index (χ0v) is 19.2. The number of hydrogen-bond acceptors (Lipinski definition) is 8. The Morgan fingerprint density at radius 3 is 2.41 bits per heavy atom. The summed E-state index contributed by atoms with van der Waals surface area (Å²) in [6, 6.07) is 19.5. The van der Waals surface area contributed by atoms with Crippen LogP contribution < -0.4 is 13.7 Å². The second kappa shape index (κ2) is 9.80. The van der Waals surface area contributed by atoms with E-state index in [9.17, 15) is 13.2 Å². The molecule has 0 aliphatic carbocycles. The van der Waals surface area contributed by atoms with Gasteiger partial charge in [-0.1, -0.05) is 36.4 Å². The molecule has 0 fully saturated rings. The quantitative estimate of drug-likeness (QED) is 0.271. The van der Waals surface area contributed by atoms with Gasteiger partial charge in [0.2, 0.25) is 5.90 Å². The third kappa shape index (κ3) is 4.94. The minimum absolute atomic E-state index is 0.0237. The molecule has 0 N–H and O–H groups in total. The highest BCUT2D eigenvalue weighted by Crippen LogP contribution is 2.33. The number of methoxy groups -OCH3 is 1. The number of rotatable bonds is 8. The SMILES string of the molecule is CCOc1cc(/C=C2/N=C(c3ccccc3OC)OC2=O)ccc1OS(=O)(=O)c1ccccc1. The minimum Gasteiger partial charge on any atom is -0.496 e. The number of esters is 1. The Labute approximate surface area is 197 Å². The van der Waals surface area contributed by atoms with Crippen molar-refractivity contribution < 1.29 is 31.6 Å². The van der Waals surface area contributed by atoms with E-state index in [1.165, 1.54) is 31.4 Å². The molecule has 1 heterocycles. The number of nitrogens with zero attached hydrogens (tertiary/aromatic N) is 1. The zero-order chi connectivity index (χ0) is 24.1. The van der Waals surface area contributed by atoms with Crippen molar-refractivity contribution in [3.8, 4) is 17.2 Å². The second-order valence-corrected chi connectivity index (χ2v) is 8.57. The van der Waals surface area contributed by atoms with Crippen LogP contribution in [0.5, 0.6) is 17.2 Å². The molecule has 1 aliphatic rings. The number of carbonyl (C=O) groups excluding carboxylic acids is 1. The maximum Gasteiger partial charge on any atom is 0.363 e. The Bertz CT molecular complexity index is 1380. The maximum atomic E-state index is 12.6. The van der Waals surface area contributed by atoms with Crippen LogP contribution >= 0.6 is 0 Å². The van der Waals surface area contributed by atoms with Crippen LogP contribution in [0.4, 0.5) is 0 Å². The van der Waals surface area contributed by atoms with Gasteiger partial charge in [0.25, 0.3) is 0 Å². The van der Waals surface area contributed by atoms with Crippen LogP contribution in [0.1, 0.15) is 18.1 Å². The lowest BCUT2D eigenvalue weighted by molar-refractivity contribution is -0.129. The predicted molar refractivity (Wildman–Crippen MR) is 125 cm³/mol. The van der Waals surface area contributed by atoms with Gasteiger partial charge in [-0.25, -0.2) is 9.79 Å². The first-order valence-electron chi connectivity index (χ1n) is 10.3. The van der Waals surface area contributed by atoms with Gasteiger partial charge in [0.1, 0.15) is 10.6 Å². The summed E-state index contributed by atoms with van der Waals surface area (Å²) in [5.74, 6) is 0.269. The number of benzene rings is 3. The van der Waals surface area contributed by atoms with Gasteiger partial charge in [-0.15, -0.1) is 0 Å². The number of para-hydroxylation sites is 1. The van der Waals surface area contributed by atoms with Crippen LogP contribution in [0.25, 0.3) is 6.08 Å². The lowest BCUT2D eigenvalue weighted by Gasteiger charge is -2.12. The van der Waals surface area contributed by atoms with Crippen molar-refractivity contribution in [3.05, 3.63) is 89.6 Å². The second-order valence-electron chi connectivity index (χ2n) is 7.03. The van der Waals surface area contributed by atoms with Gasteiger partial charge < -0.3 is 18.4 Å². The standard InChI is InChI=1S/C25H21NO7S/c1-3-31-23-16-17(13-14-22(23)33-34(28,29)18-9-5-4-6-10-18)15-20-25(27)32-24(26-20)19-11-7-8-12-21(19)30-2/h4-16H,3H2,1-2H3/b20-15+. The molecule has 34 heavy (non-hydrogen) atoms. The van der Waals surface area contributed by atoms with Crippen molar-refractivity contribution in [2.75, 3.05) is 13.7 Å². The Kier molecular flexibility index (Phi) is 6.65. The number of ether oxygens (including phenoxy) is 3. The molecule has 0 amide bonds. The van der Waals surface area contributed by atoms with Crippen LogP contribution in [-0.4, -0.2) is 34.0 Å². The lowest BCUT2D eigenvalue weighted by atomic mass is 10.1. The molecule has 0 saturated carbocycles. The van der Waals surface area contributed by atoms with E-state index in [4.69, 9.17) is 18.4 Å². The van der Waals surface area contributed by atoms with Crippen LogP contribution in [-0.2, 0) is 19.6 Å². The Hall–Kier alpha value is -4.11. The first-order chi connectivity index (χ1) is 16.4. The predicted octanol–water partition coefficient (Wildman–Crippen LogP) is 4.21. The molecule has 0 saturated heterocycles. The van der Waals surface area contributed by atoms with Crippen molar-refractivity contribution >= 4 is 28.1 Å². The van der Waals surface area contributed by atoms with Gasteiger partial charge >= 0.3 is 16.1 Å². The molecule has 4 rings (SSSR count). The average Bonchev–Trinajstić information content (AvgIpc) is 3.21. The Morgan fingerprint density at radius 1 is 0.941 bits per heavy atom. The van der Waals surface area contributed by atoms with Crippen molar-refractivity contribution in [3.63, 3.8) is 0 Å². The van der Waals surface area contributed by atoms with E-state index in [1.807, 2.05) is 0 Å². The van der Waals surface area contributed by atoms with E-state index in [1.54, 1.807) is 61.5 Å². The molecular formula is C25H21NO7S. The van der Waals surface area contributed by atoms with E-state index in [0.29, 0.717) is 16.9 Å². The molecule has 174 valence electrons. The summed E-state index contributed by atoms with van der Waals surface area (Å²) in [7, 11) is -2.53. The number of cyclic esters (lactones) is 1.